The predicted molar refractivity (Wildman–Crippen MR) is 87.7 cm³/mol. The zero-order valence-corrected chi connectivity index (χ0v) is 12.9. The van der Waals surface area contributed by atoms with Crippen LogP contribution >= 0.6 is 0 Å². The maximum absolute atomic E-state index is 12.6. The van der Waals surface area contributed by atoms with Crippen molar-refractivity contribution in [3.8, 4) is 5.75 Å². The molecule has 6 heteroatoms. The predicted octanol–water partition coefficient (Wildman–Crippen LogP) is 1.89. The van der Waals surface area contributed by atoms with Gasteiger partial charge in [0.15, 0.2) is 5.58 Å². The summed E-state index contributed by atoms with van der Waals surface area (Å²) < 4.78 is 6.52. The van der Waals surface area contributed by atoms with Crippen molar-refractivity contribution in [1.29, 1.82) is 0 Å². The number of benzene rings is 2. The second kappa shape index (κ2) is 5.56. The summed E-state index contributed by atoms with van der Waals surface area (Å²) in [4.78, 5) is 26.3. The van der Waals surface area contributed by atoms with Crippen LogP contribution in [0.1, 0.15) is 11.1 Å². The number of carbonyl (C=O) groups is 1. The summed E-state index contributed by atoms with van der Waals surface area (Å²) in [7, 11) is 0. The number of oxazole rings is 1. The molecule has 0 aliphatic carbocycles. The SMILES string of the molecule is O=C(Cn1c(=O)oc2ccccc21)N1CCc2ccc(O)cc2C1. The molecule has 1 aliphatic heterocycles. The highest BCUT2D eigenvalue weighted by Crippen LogP contribution is 2.23. The molecule has 1 aliphatic rings. The average molecular weight is 324 g/mol. The van der Waals surface area contributed by atoms with Crippen LogP contribution in [0.3, 0.4) is 0 Å². The molecule has 0 bridgehead atoms. The van der Waals surface area contributed by atoms with Crippen LogP contribution in [0.25, 0.3) is 11.1 Å². The molecule has 2 aromatic carbocycles. The van der Waals surface area contributed by atoms with Gasteiger partial charge in [-0.1, -0.05) is 18.2 Å². The van der Waals surface area contributed by atoms with Gasteiger partial charge in [-0.3, -0.25) is 9.36 Å². The Hall–Kier alpha value is -3.02. The molecular weight excluding hydrogens is 308 g/mol. The standard InChI is InChI=1S/C18H16N2O4/c21-14-6-5-12-7-8-19(10-13(12)9-14)17(22)11-20-15-3-1-2-4-16(15)24-18(20)23/h1-6,9,21H,7-8,10-11H2. The summed E-state index contributed by atoms with van der Waals surface area (Å²) in [5.41, 5.74) is 3.18. The van der Waals surface area contributed by atoms with E-state index in [-0.39, 0.29) is 18.2 Å². The summed E-state index contributed by atoms with van der Waals surface area (Å²) in [5.74, 6) is -0.475. The molecular formula is C18H16N2O4. The molecule has 0 atom stereocenters. The summed E-state index contributed by atoms with van der Waals surface area (Å²) >= 11 is 0. The molecule has 122 valence electrons. The van der Waals surface area contributed by atoms with E-state index in [1.54, 1.807) is 41.3 Å². The second-order valence-electron chi connectivity index (χ2n) is 5.94. The van der Waals surface area contributed by atoms with Crippen molar-refractivity contribution in [3.63, 3.8) is 0 Å². The fourth-order valence-electron chi connectivity index (χ4n) is 3.16. The van der Waals surface area contributed by atoms with Crippen LogP contribution in [0.4, 0.5) is 0 Å². The number of rotatable bonds is 2. The number of phenolic OH excluding ortho intramolecular Hbond substituents is 1. The quantitative estimate of drug-likeness (QED) is 0.781. The van der Waals surface area contributed by atoms with Gasteiger partial charge in [0.1, 0.15) is 12.3 Å². The van der Waals surface area contributed by atoms with Crippen molar-refractivity contribution in [2.45, 2.75) is 19.5 Å². The van der Waals surface area contributed by atoms with Crippen LogP contribution in [0.5, 0.6) is 5.75 Å². The van der Waals surface area contributed by atoms with Gasteiger partial charge in [-0.25, -0.2) is 4.79 Å². The first-order valence-corrected chi connectivity index (χ1v) is 7.79. The highest BCUT2D eigenvalue weighted by Gasteiger charge is 2.22. The number of amides is 1. The summed E-state index contributed by atoms with van der Waals surface area (Å²) in [5, 5.41) is 9.61. The molecule has 1 N–H and O–H groups in total. The molecule has 1 amide bonds. The highest BCUT2D eigenvalue weighted by atomic mass is 16.4. The van der Waals surface area contributed by atoms with Crippen molar-refractivity contribution < 1.29 is 14.3 Å². The number of carbonyl (C=O) groups excluding carboxylic acids is 1. The van der Waals surface area contributed by atoms with E-state index in [0.29, 0.717) is 24.2 Å². The Morgan fingerprint density at radius 1 is 1.17 bits per heavy atom. The number of aromatic hydroxyl groups is 1. The number of para-hydroxylation sites is 2. The van der Waals surface area contributed by atoms with Crippen molar-refractivity contribution in [2.24, 2.45) is 0 Å². The number of fused-ring (bicyclic) bond motifs is 2. The zero-order chi connectivity index (χ0) is 16.7. The molecule has 2 heterocycles. The van der Waals surface area contributed by atoms with Gasteiger partial charge in [0.25, 0.3) is 0 Å². The van der Waals surface area contributed by atoms with Crippen LogP contribution in [-0.4, -0.2) is 27.0 Å². The molecule has 3 aromatic rings. The van der Waals surface area contributed by atoms with Crippen molar-refractivity contribution >= 4 is 17.0 Å². The minimum atomic E-state index is -0.528. The lowest BCUT2D eigenvalue weighted by atomic mass is 9.99. The lowest BCUT2D eigenvalue weighted by Gasteiger charge is -2.29. The molecule has 0 radical (unpaired) electrons. The topological polar surface area (TPSA) is 75.7 Å². The van der Waals surface area contributed by atoms with Crippen molar-refractivity contribution in [3.05, 3.63) is 64.1 Å². The third-order valence-electron chi connectivity index (χ3n) is 4.42. The van der Waals surface area contributed by atoms with E-state index < -0.39 is 5.76 Å². The summed E-state index contributed by atoms with van der Waals surface area (Å²) in [6.45, 7) is 0.984. The Kier molecular flexibility index (Phi) is 3.37. The molecule has 4 rings (SSSR count). The van der Waals surface area contributed by atoms with Gasteiger partial charge < -0.3 is 14.4 Å². The van der Waals surface area contributed by atoms with Crippen molar-refractivity contribution in [2.75, 3.05) is 6.54 Å². The number of hydrogen-bond donors (Lipinski definition) is 1. The number of phenols is 1. The molecule has 0 fully saturated rings. The van der Waals surface area contributed by atoms with E-state index >= 15 is 0 Å². The van der Waals surface area contributed by atoms with Gasteiger partial charge in [0.2, 0.25) is 5.91 Å². The fourth-order valence-corrected chi connectivity index (χ4v) is 3.16. The Balaban J connectivity index is 1.58. The molecule has 1 aromatic heterocycles. The van der Waals surface area contributed by atoms with Gasteiger partial charge in [-0.05, 0) is 41.8 Å². The monoisotopic (exact) mass is 324 g/mol. The van der Waals surface area contributed by atoms with Crippen LogP contribution < -0.4 is 5.76 Å². The number of hydrogen-bond acceptors (Lipinski definition) is 4. The number of nitrogens with zero attached hydrogens (tertiary/aromatic N) is 2. The lowest BCUT2D eigenvalue weighted by molar-refractivity contribution is -0.132. The molecule has 0 spiro atoms. The van der Waals surface area contributed by atoms with E-state index in [9.17, 15) is 14.7 Å². The first kappa shape index (κ1) is 14.6. The molecule has 0 saturated carbocycles. The maximum atomic E-state index is 12.6. The van der Waals surface area contributed by atoms with E-state index in [4.69, 9.17) is 4.42 Å². The van der Waals surface area contributed by atoms with E-state index in [2.05, 4.69) is 0 Å². The Morgan fingerprint density at radius 2 is 2.00 bits per heavy atom. The molecule has 24 heavy (non-hydrogen) atoms. The normalized spacial score (nSPS) is 13.9. The largest absolute Gasteiger partial charge is 0.508 e. The van der Waals surface area contributed by atoms with Crippen molar-refractivity contribution in [1.82, 2.24) is 9.47 Å². The molecule has 6 nitrogen and oxygen atoms in total. The van der Waals surface area contributed by atoms with Gasteiger partial charge in [0, 0.05) is 13.1 Å². The maximum Gasteiger partial charge on any atom is 0.420 e. The fraction of sp³-hybridized carbons (Fsp3) is 0.222. The van der Waals surface area contributed by atoms with Gasteiger partial charge in [0.05, 0.1) is 5.52 Å². The van der Waals surface area contributed by atoms with Crippen LogP contribution in [0, 0.1) is 0 Å². The van der Waals surface area contributed by atoms with Crippen LogP contribution in [0.2, 0.25) is 0 Å². The third kappa shape index (κ3) is 2.46. The second-order valence-corrected chi connectivity index (χ2v) is 5.94. The molecule has 0 saturated heterocycles. The summed E-state index contributed by atoms with van der Waals surface area (Å²) in [6.07, 6.45) is 0.738. The Morgan fingerprint density at radius 3 is 2.88 bits per heavy atom. The van der Waals surface area contributed by atoms with E-state index in [0.717, 1.165) is 17.5 Å². The van der Waals surface area contributed by atoms with Gasteiger partial charge in [-0.15, -0.1) is 0 Å². The van der Waals surface area contributed by atoms with Crippen LogP contribution in [0.15, 0.2) is 51.7 Å². The first-order valence-electron chi connectivity index (χ1n) is 7.79. The Labute approximate surface area is 137 Å². The Bertz CT molecular complexity index is 986. The average Bonchev–Trinajstić information content (AvgIpc) is 2.90. The minimum absolute atomic E-state index is 0.0516. The van der Waals surface area contributed by atoms with Gasteiger partial charge >= 0.3 is 5.76 Å². The molecule has 0 unspecified atom stereocenters. The first-order chi connectivity index (χ1) is 11.6. The van der Waals surface area contributed by atoms with E-state index in [1.807, 2.05) is 6.07 Å². The smallest absolute Gasteiger partial charge is 0.420 e. The highest BCUT2D eigenvalue weighted by molar-refractivity contribution is 5.79. The lowest BCUT2D eigenvalue weighted by Crippen LogP contribution is -2.39. The minimum Gasteiger partial charge on any atom is -0.508 e. The third-order valence-corrected chi connectivity index (χ3v) is 4.42. The van der Waals surface area contributed by atoms with Gasteiger partial charge in [-0.2, -0.15) is 0 Å². The summed E-state index contributed by atoms with van der Waals surface area (Å²) in [6, 6.07) is 12.3. The van der Waals surface area contributed by atoms with Crippen LogP contribution in [-0.2, 0) is 24.3 Å². The zero-order valence-electron chi connectivity index (χ0n) is 12.9. The van der Waals surface area contributed by atoms with E-state index in [1.165, 1.54) is 4.57 Å². The number of aromatic nitrogens is 1.